The summed E-state index contributed by atoms with van der Waals surface area (Å²) in [6.07, 6.45) is 0.254. The van der Waals surface area contributed by atoms with Gasteiger partial charge in [0, 0.05) is 16.4 Å². The molecule has 1 amide bonds. The molecule has 3 N–H and O–H groups in total. The van der Waals surface area contributed by atoms with Gasteiger partial charge in [-0.25, -0.2) is 0 Å². The van der Waals surface area contributed by atoms with Crippen LogP contribution in [0.5, 0.6) is 0 Å². The molecule has 2 aromatic carbocycles. The Morgan fingerprint density at radius 1 is 1.11 bits per heavy atom. The molecule has 0 aliphatic rings. The Hall–Kier alpha value is -2.00. The lowest BCUT2D eigenvalue weighted by Gasteiger charge is -2.06. The van der Waals surface area contributed by atoms with Gasteiger partial charge in [0.05, 0.1) is 6.42 Å². The van der Waals surface area contributed by atoms with Crippen LogP contribution in [-0.2, 0) is 11.2 Å². The van der Waals surface area contributed by atoms with Crippen molar-refractivity contribution >= 4 is 28.9 Å². The van der Waals surface area contributed by atoms with Gasteiger partial charge >= 0.3 is 0 Å². The van der Waals surface area contributed by atoms with Gasteiger partial charge in [0.1, 0.15) is 0 Å². The van der Waals surface area contributed by atoms with E-state index in [4.69, 9.17) is 17.3 Å². The van der Waals surface area contributed by atoms with Crippen LogP contribution in [0.3, 0.4) is 0 Å². The van der Waals surface area contributed by atoms with Gasteiger partial charge in [0.25, 0.3) is 0 Å². The molecule has 3 nitrogen and oxygen atoms in total. The predicted molar refractivity (Wildman–Crippen MR) is 74.6 cm³/mol. The minimum Gasteiger partial charge on any atom is -0.399 e. The number of benzene rings is 2. The van der Waals surface area contributed by atoms with Crippen molar-refractivity contribution in [2.45, 2.75) is 6.42 Å². The molecule has 0 aromatic heterocycles. The SMILES string of the molecule is Nc1ccc(NC(=O)Cc2ccccc2Cl)cc1. The van der Waals surface area contributed by atoms with Gasteiger partial charge in [-0.1, -0.05) is 29.8 Å². The van der Waals surface area contributed by atoms with E-state index in [0.717, 1.165) is 11.3 Å². The molecule has 4 heteroatoms. The second-order valence-electron chi connectivity index (χ2n) is 3.94. The third kappa shape index (κ3) is 3.25. The predicted octanol–water partition coefficient (Wildman–Crippen LogP) is 3.10. The first-order chi connectivity index (χ1) is 8.65. The summed E-state index contributed by atoms with van der Waals surface area (Å²) >= 11 is 6.00. The van der Waals surface area contributed by atoms with E-state index in [2.05, 4.69) is 5.32 Å². The van der Waals surface area contributed by atoms with Crippen molar-refractivity contribution in [3.05, 3.63) is 59.1 Å². The van der Waals surface area contributed by atoms with Gasteiger partial charge in [-0.2, -0.15) is 0 Å². The number of nitrogens with two attached hydrogens (primary N) is 1. The zero-order valence-corrected chi connectivity index (χ0v) is 10.4. The van der Waals surface area contributed by atoms with Gasteiger partial charge in [-0.05, 0) is 35.9 Å². The number of hydrogen-bond acceptors (Lipinski definition) is 2. The van der Waals surface area contributed by atoms with Gasteiger partial charge in [0.2, 0.25) is 5.91 Å². The average Bonchev–Trinajstić information content (AvgIpc) is 2.35. The normalized spacial score (nSPS) is 10.1. The summed E-state index contributed by atoms with van der Waals surface area (Å²) in [5.41, 5.74) is 7.77. The van der Waals surface area contributed by atoms with Crippen LogP contribution < -0.4 is 11.1 Å². The summed E-state index contributed by atoms with van der Waals surface area (Å²) in [6.45, 7) is 0. The fourth-order valence-corrected chi connectivity index (χ4v) is 1.79. The van der Waals surface area contributed by atoms with E-state index in [9.17, 15) is 4.79 Å². The topological polar surface area (TPSA) is 55.1 Å². The summed E-state index contributed by atoms with van der Waals surface area (Å²) in [5.74, 6) is -0.104. The molecule has 0 saturated carbocycles. The summed E-state index contributed by atoms with van der Waals surface area (Å²) in [7, 11) is 0. The van der Waals surface area contributed by atoms with Crippen molar-refractivity contribution < 1.29 is 4.79 Å². The molecular formula is C14H13ClN2O. The average molecular weight is 261 g/mol. The highest BCUT2D eigenvalue weighted by Crippen LogP contribution is 2.16. The maximum Gasteiger partial charge on any atom is 0.228 e. The van der Waals surface area contributed by atoms with E-state index < -0.39 is 0 Å². The lowest BCUT2D eigenvalue weighted by atomic mass is 10.1. The van der Waals surface area contributed by atoms with Crippen LogP contribution in [0.2, 0.25) is 5.02 Å². The zero-order valence-electron chi connectivity index (χ0n) is 9.69. The molecule has 2 rings (SSSR count). The molecule has 0 spiro atoms. The molecular weight excluding hydrogens is 248 g/mol. The highest BCUT2D eigenvalue weighted by Gasteiger charge is 2.06. The van der Waals surface area contributed by atoms with Crippen molar-refractivity contribution in [1.82, 2.24) is 0 Å². The van der Waals surface area contributed by atoms with Crippen LogP contribution in [0.25, 0.3) is 0 Å². The number of hydrogen-bond donors (Lipinski definition) is 2. The molecule has 0 fully saturated rings. The Morgan fingerprint density at radius 3 is 2.44 bits per heavy atom. The molecule has 0 aliphatic heterocycles. The van der Waals surface area contributed by atoms with E-state index in [1.165, 1.54) is 0 Å². The smallest absolute Gasteiger partial charge is 0.228 e. The van der Waals surface area contributed by atoms with E-state index in [1.807, 2.05) is 18.2 Å². The maximum absolute atomic E-state index is 11.8. The summed E-state index contributed by atoms with van der Waals surface area (Å²) < 4.78 is 0. The lowest BCUT2D eigenvalue weighted by molar-refractivity contribution is -0.115. The minimum absolute atomic E-state index is 0.104. The quantitative estimate of drug-likeness (QED) is 0.833. The Kier molecular flexibility index (Phi) is 3.85. The number of halogens is 1. The highest BCUT2D eigenvalue weighted by atomic mass is 35.5. The number of nitrogen functional groups attached to an aromatic ring is 1. The molecule has 2 aromatic rings. The number of carbonyl (C=O) groups is 1. The Balaban J connectivity index is 2.01. The van der Waals surface area contributed by atoms with Crippen molar-refractivity contribution in [2.24, 2.45) is 0 Å². The Morgan fingerprint density at radius 2 is 1.78 bits per heavy atom. The van der Waals surface area contributed by atoms with Gasteiger partial charge < -0.3 is 11.1 Å². The van der Waals surface area contributed by atoms with Gasteiger partial charge in [-0.3, -0.25) is 4.79 Å². The standard InChI is InChI=1S/C14H13ClN2O/c15-13-4-2-1-3-10(13)9-14(18)17-12-7-5-11(16)6-8-12/h1-8H,9,16H2,(H,17,18). The zero-order chi connectivity index (χ0) is 13.0. The van der Waals surface area contributed by atoms with Crippen molar-refractivity contribution in [2.75, 3.05) is 11.1 Å². The molecule has 0 saturated heterocycles. The van der Waals surface area contributed by atoms with Crippen LogP contribution in [0.4, 0.5) is 11.4 Å². The first-order valence-corrected chi connectivity index (χ1v) is 5.92. The fraction of sp³-hybridized carbons (Fsp3) is 0.0714. The van der Waals surface area contributed by atoms with E-state index in [0.29, 0.717) is 10.7 Å². The third-order valence-electron chi connectivity index (χ3n) is 2.50. The van der Waals surface area contributed by atoms with Gasteiger partial charge in [0.15, 0.2) is 0 Å². The molecule has 18 heavy (non-hydrogen) atoms. The number of rotatable bonds is 3. The molecule has 0 unspecified atom stereocenters. The molecule has 0 heterocycles. The highest BCUT2D eigenvalue weighted by molar-refractivity contribution is 6.31. The van der Waals surface area contributed by atoms with Crippen LogP contribution in [-0.4, -0.2) is 5.91 Å². The van der Waals surface area contributed by atoms with Crippen molar-refractivity contribution in [3.63, 3.8) is 0 Å². The Labute approximate surface area is 111 Å². The molecule has 0 bridgehead atoms. The third-order valence-corrected chi connectivity index (χ3v) is 2.87. The number of amides is 1. The van der Waals surface area contributed by atoms with Crippen LogP contribution in [0.15, 0.2) is 48.5 Å². The summed E-state index contributed by atoms with van der Waals surface area (Å²) in [6, 6.07) is 14.3. The largest absolute Gasteiger partial charge is 0.399 e. The Bertz CT molecular complexity index is 552. The second kappa shape index (κ2) is 5.56. The van der Waals surface area contributed by atoms with E-state index in [-0.39, 0.29) is 12.3 Å². The second-order valence-corrected chi connectivity index (χ2v) is 4.35. The van der Waals surface area contributed by atoms with Crippen LogP contribution in [0.1, 0.15) is 5.56 Å². The van der Waals surface area contributed by atoms with Crippen LogP contribution in [0, 0.1) is 0 Å². The molecule has 0 atom stereocenters. The molecule has 92 valence electrons. The molecule has 0 aliphatic carbocycles. The monoisotopic (exact) mass is 260 g/mol. The number of anilines is 2. The van der Waals surface area contributed by atoms with Gasteiger partial charge in [-0.15, -0.1) is 0 Å². The van der Waals surface area contributed by atoms with Crippen molar-refractivity contribution in [1.29, 1.82) is 0 Å². The van der Waals surface area contributed by atoms with Crippen LogP contribution >= 0.6 is 11.6 Å². The first-order valence-electron chi connectivity index (χ1n) is 5.54. The summed E-state index contributed by atoms with van der Waals surface area (Å²) in [4.78, 5) is 11.8. The van der Waals surface area contributed by atoms with E-state index in [1.54, 1.807) is 30.3 Å². The molecule has 0 radical (unpaired) electrons. The number of nitrogens with one attached hydrogen (secondary N) is 1. The first kappa shape index (κ1) is 12.5. The van der Waals surface area contributed by atoms with E-state index >= 15 is 0 Å². The number of carbonyl (C=O) groups excluding carboxylic acids is 1. The lowest BCUT2D eigenvalue weighted by Crippen LogP contribution is -2.14. The van der Waals surface area contributed by atoms with Crippen molar-refractivity contribution in [3.8, 4) is 0 Å². The summed E-state index contributed by atoms with van der Waals surface area (Å²) in [5, 5.41) is 3.39. The maximum atomic E-state index is 11.8. The fourth-order valence-electron chi connectivity index (χ4n) is 1.59. The minimum atomic E-state index is -0.104.